The van der Waals surface area contributed by atoms with Crippen molar-refractivity contribution in [2.45, 2.75) is 38.5 Å². The van der Waals surface area contributed by atoms with Crippen LogP contribution in [0.3, 0.4) is 0 Å². The standard InChI is InChI=1S/C17H21NO3S/c1-21-15(19)13-2-3-22-14(13)18-16(20)17-7-10-4-11(8-17)6-12(5-10)9-17/h2-3,10-12H,4-9H2,1H3,(H,18,20). The van der Waals surface area contributed by atoms with Gasteiger partial charge in [-0.15, -0.1) is 11.3 Å². The zero-order chi connectivity index (χ0) is 15.3. The molecule has 4 fully saturated rings. The van der Waals surface area contributed by atoms with Gasteiger partial charge in [-0.1, -0.05) is 0 Å². The number of anilines is 1. The van der Waals surface area contributed by atoms with Gasteiger partial charge in [0.1, 0.15) is 5.00 Å². The normalized spacial score (nSPS) is 35.4. The maximum atomic E-state index is 13.0. The summed E-state index contributed by atoms with van der Waals surface area (Å²) >= 11 is 1.39. The van der Waals surface area contributed by atoms with Crippen LogP contribution >= 0.6 is 11.3 Å². The Balaban J connectivity index is 1.56. The first kappa shape index (κ1) is 14.2. The van der Waals surface area contributed by atoms with Gasteiger partial charge in [-0.2, -0.15) is 0 Å². The van der Waals surface area contributed by atoms with Crippen LogP contribution in [0.15, 0.2) is 11.4 Å². The number of ether oxygens (including phenoxy) is 1. The van der Waals surface area contributed by atoms with Gasteiger partial charge in [0.25, 0.3) is 0 Å². The van der Waals surface area contributed by atoms with Gasteiger partial charge in [0.05, 0.1) is 18.1 Å². The summed E-state index contributed by atoms with van der Waals surface area (Å²) in [5.74, 6) is 1.95. The molecule has 0 atom stereocenters. The number of esters is 1. The van der Waals surface area contributed by atoms with Crippen molar-refractivity contribution in [1.82, 2.24) is 0 Å². The molecule has 4 nitrogen and oxygen atoms in total. The Morgan fingerprint density at radius 2 is 1.77 bits per heavy atom. The van der Waals surface area contributed by atoms with E-state index in [4.69, 9.17) is 4.74 Å². The molecule has 1 aromatic heterocycles. The van der Waals surface area contributed by atoms with Crippen LogP contribution in [0.5, 0.6) is 0 Å². The number of nitrogens with one attached hydrogen (secondary N) is 1. The number of methoxy groups -OCH3 is 1. The summed E-state index contributed by atoms with van der Waals surface area (Å²) in [4.78, 5) is 24.7. The van der Waals surface area contributed by atoms with E-state index in [0.29, 0.717) is 10.6 Å². The maximum absolute atomic E-state index is 13.0. The Morgan fingerprint density at radius 1 is 1.18 bits per heavy atom. The highest BCUT2D eigenvalue weighted by atomic mass is 32.1. The SMILES string of the molecule is COC(=O)c1ccsc1NC(=O)C12CC3CC(CC(C3)C1)C2. The molecule has 4 aliphatic rings. The number of amides is 1. The van der Waals surface area contributed by atoms with Gasteiger partial charge in [-0.3, -0.25) is 4.79 Å². The predicted octanol–water partition coefficient (Wildman–Crippen LogP) is 3.69. The minimum absolute atomic E-state index is 0.124. The number of carbonyl (C=O) groups excluding carboxylic acids is 2. The van der Waals surface area contributed by atoms with Gasteiger partial charge in [0, 0.05) is 0 Å². The third-order valence-corrected chi connectivity index (χ3v) is 6.65. The Hall–Kier alpha value is -1.36. The summed E-state index contributed by atoms with van der Waals surface area (Å²) < 4.78 is 4.78. The zero-order valence-electron chi connectivity index (χ0n) is 12.8. The number of thiophene rings is 1. The molecule has 0 aromatic carbocycles. The second kappa shape index (κ2) is 5.08. The fraction of sp³-hybridized carbons (Fsp3) is 0.647. The van der Waals surface area contributed by atoms with E-state index in [0.717, 1.165) is 37.0 Å². The van der Waals surface area contributed by atoms with E-state index in [1.807, 2.05) is 5.38 Å². The Labute approximate surface area is 134 Å². The van der Waals surface area contributed by atoms with Crippen LogP contribution in [0.1, 0.15) is 48.9 Å². The fourth-order valence-electron chi connectivity index (χ4n) is 5.30. The molecule has 1 N–H and O–H groups in total. The van der Waals surface area contributed by atoms with Crippen molar-refractivity contribution in [1.29, 1.82) is 0 Å². The fourth-order valence-corrected chi connectivity index (χ4v) is 6.07. The van der Waals surface area contributed by atoms with E-state index in [9.17, 15) is 9.59 Å². The summed E-state index contributed by atoms with van der Waals surface area (Å²) in [6.45, 7) is 0. The van der Waals surface area contributed by atoms with Gasteiger partial charge in [0.2, 0.25) is 5.91 Å². The Kier molecular flexibility index (Phi) is 3.29. The molecular formula is C17H21NO3S. The van der Waals surface area contributed by atoms with Crippen LogP contribution < -0.4 is 5.32 Å². The molecule has 5 heteroatoms. The molecule has 4 bridgehead atoms. The van der Waals surface area contributed by atoms with E-state index in [1.165, 1.54) is 37.7 Å². The number of carbonyl (C=O) groups is 2. The highest BCUT2D eigenvalue weighted by molar-refractivity contribution is 7.14. The number of rotatable bonds is 3. The lowest BCUT2D eigenvalue weighted by molar-refractivity contribution is -0.140. The maximum Gasteiger partial charge on any atom is 0.340 e. The first-order valence-corrected chi connectivity index (χ1v) is 8.95. The average Bonchev–Trinajstić information content (AvgIpc) is 2.93. The number of hydrogen-bond acceptors (Lipinski definition) is 4. The van der Waals surface area contributed by atoms with Crippen LogP contribution in [-0.4, -0.2) is 19.0 Å². The second-order valence-corrected chi connectivity index (χ2v) is 8.22. The molecule has 5 rings (SSSR count). The van der Waals surface area contributed by atoms with Crippen LogP contribution in [0, 0.1) is 23.2 Å². The van der Waals surface area contributed by atoms with Crippen molar-refractivity contribution in [3.8, 4) is 0 Å². The van der Waals surface area contributed by atoms with Gasteiger partial charge in [-0.25, -0.2) is 4.79 Å². The first-order valence-electron chi connectivity index (χ1n) is 8.07. The van der Waals surface area contributed by atoms with Crippen molar-refractivity contribution in [3.63, 3.8) is 0 Å². The monoisotopic (exact) mass is 319 g/mol. The van der Waals surface area contributed by atoms with E-state index in [-0.39, 0.29) is 17.3 Å². The lowest BCUT2D eigenvalue weighted by atomic mass is 9.49. The summed E-state index contributed by atoms with van der Waals surface area (Å²) in [5, 5.41) is 5.49. The lowest BCUT2D eigenvalue weighted by Crippen LogP contribution is -2.51. The van der Waals surface area contributed by atoms with Gasteiger partial charge in [0.15, 0.2) is 0 Å². The largest absolute Gasteiger partial charge is 0.465 e. The van der Waals surface area contributed by atoms with E-state index in [1.54, 1.807) is 6.07 Å². The predicted molar refractivity (Wildman–Crippen MR) is 84.9 cm³/mol. The van der Waals surface area contributed by atoms with Gasteiger partial charge >= 0.3 is 5.97 Å². The molecule has 118 valence electrons. The molecule has 22 heavy (non-hydrogen) atoms. The van der Waals surface area contributed by atoms with E-state index >= 15 is 0 Å². The van der Waals surface area contributed by atoms with Gasteiger partial charge in [-0.05, 0) is 67.7 Å². The highest BCUT2D eigenvalue weighted by Gasteiger charge is 2.54. The average molecular weight is 319 g/mol. The molecule has 1 aromatic rings. The molecule has 0 spiro atoms. The summed E-state index contributed by atoms with van der Waals surface area (Å²) in [7, 11) is 1.37. The molecule has 0 saturated heterocycles. The van der Waals surface area contributed by atoms with Crippen LogP contribution in [0.2, 0.25) is 0 Å². The van der Waals surface area contributed by atoms with Crippen molar-refractivity contribution < 1.29 is 14.3 Å². The van der Waals surface area contributed by atoms with Crippen LogP contribution in [0.4, 0.5) is 5.00 Å². The van der Waals surface area contributed by atoms with Crippen molar-refractivity contribution in [2.75, 3.05) is 12.4 Å². The molecule has 1 amide bonds. The van der Waals surface area contributed by atoms with Crippen molar-refractivity contribution in [3.05, 3.63) is 17.0 Å². The molecule has 0 unspecified atom stereocenters. The zero-order valence-corrected chi connectivity index (χ0v) is 13.6. The first-order chi connectivity index (χ1) is 10.6. The number of hydrogen-bond donors (Lipinski definition) is 1. The van der Waals surface area contributed by atoms with Crippen molar-refractivity contribution >= 4 is 28.2 Å². The highest BCUT2D eigenvalue weighted by Crippen LogP contribution is 2.60. The second-order valence-electron chi connectivity index (χ2n) is 7.31. The summed E-state index contributed by atoms with van der Waals surface area (Å²) in [6.07, 6.45) is 7.05. The molecule has 4 saturated carbocycles. The molecule has 0 radical (unpaired) electrons. The Morgan fingerprint density at radius 3 is 2.32 bits per heavy atom. The Bertz CT molecular complexity index is 586. The molecule has 0 aliphatic heterocycles. The topological polar surface area (TPSA) is 55.4 Å². The van der Waals surface area contributed by atoms with Crippen LogP contribution in [0.25, 0.3) is 0 Å². The van der Waals surface area contributed by atoms with Gasteiger partial charge < -0.3 is 10.1 Å². The third kappa shape index (κ3) is 2.18. The summed E-state index contributed by atoms with van der Waals surface area (Å²) in [6, 6.07) is 1.71. The van der Waals surface area contributed by atoms with E-state index in [2.05, 4.69) is 5.32 Å². The molecule has 1 heterocycles. The van der Waals surface area contributed by atoms with E-state index < -0.39 is 0 Å². The molecule has 4 aliphatic carbocycles. The third-order valence-electron chi connectivity index (χ3n) is 5.82. The smallest absolute Gasteiger partial charge is 0.340 e. The van der Waals surface area contributed by atoms with Crippen LogP contribution in [-0.2, 0) is 9.53 Å². The van der Waals surface area contributed by atoms with Crippen molar-refractivity contribution in [2.24, 2.45) is 23.2 Å². The summed E-state index contributed by atoms with van der Waals surface area (Å²) in [5.41, 5.74) is 0.275. The molecular weight excluding hydrogens is 298 g/mol. The lowest BCUT2D eigenvalue weighted by Gasteiger charge is -2.55. The quantitative estimate of drug-likeness (QED) is 0.865. The minimum Gasteiger partial charge on any atom is -0.465 e. The minimum atomic E-state index is -0.387.